The first kappa shape index (κ1) is 13.4. The molecule has 1 aliphatic heterocycles. The van der Waals surface area contributed by atoms with E-state index in [0.29, 0.717) is 6.42 Å². The summed E-state index contributed by atoms with van der Waals surface area (Å²) in [5.74, 6) is -0.282. The summed E-state index contributed by atoms with van der Waals surface area (Å²) in [6.07, 6.45) is 0.439. The standard InChI is InChI=1S/C11H12NO4S2/c1-12-10(13)9(17-11(12)18(14,15)16)7-8-5-3-2-4-6-8/h3-6,9,11H,7H2,1H3,(H,14,15,16). The molecule has 1 aromatic carbocycles. The van der Waals surface area contributed by atoms with Crippen LogP contribution in [0.15, 0.2) is 24.3 Å². The lowest BCUT2D eigenvalue weighted by Crippen LogP contribution is -2.35. The first-order valence-electron chi connectivity index (χ1n) is 5.23. The molecule has 97 valence electrons. The summed E-state index contributed by atoms with van der Waals surface area (Å²) in [4.78, 5) is 13.0. The zero-order chi connectivity index (χ0) is 13.3. The van der Waals surface area contributed by atoms with Gasteiger partial charge >= 0.3 is 0 Å². The van der Waals surface area contributed by atoms with Gasteiger partial charge in [0.25, 0.3) is 10.1 Å². The Labute approximate surface area is 110 Å². The van der Waals surface area contributed by atoms with Gasteiger partial charge in [-0.25, -0.2) is 0 Å². The smallest absolute Gasteiger partial charge is 0.296 e. The molecule has 2 rings (SSSR count). The Bertz CT molecular complexity index is 543. The highest BCUT2D eigenvalue weighted by Gasteiger charge is 2.44. The van der Waals surface area contributed by atoms with Crippen LogP contribution in [0.5, 0.6) is 0 Å². The first-order valence-corrected chi connectivity index (χ1v) is 7.67. The molecule has 18 heavy (non-hydrogen) atoms. The number of hydrogen-bond donors (Lipinski definition) is 1. The number of carbonyl (C=O) groups is 1. The first-order chi connectivity index (χ1) is 8.39. The maximum Gasteiger partial charge on any atom is 0.296 e. The van der Waals surface area contributed by atoms with E-state index in [1.54, 1.807) is 12.1 Å². The molecule has 1 radical (unpaired) electrons. The maximum absolute atomic E-state index is 11.9. The van der Waals surface area contributed by atoms with Gasteiger partial charge in [-0.15, -0.1) is 11.8 Å². The van der Waals surface area contributed by atoms with Crippen LogP contribution in [0.1, 0.15) is 5.56 Å². The monoisotopic (exact) mass is 286 g/mol. The van der Waals surface area contributed by atoms with Crippen molar-refractivity contribution < 1.29 is 17.8 Å². The van der Waals surface area contributed by atoms with Crippen LogP contribution in [-0.4, -0.2) is 40.8 Å². The summed E-state index contributed by atoms with van der Waals surface area (Å²) in [5, 5.41) is -0.482. The van der Waals surface area contributed by atoms with Crippen LogP contribution in [0.4, 0.5) is 0 Å². The van der Waals surface area contributed by atoms with Gasteiger partial charge in [0.1, 0.15) is 0 Å². The van der Waals surface area contributed by atoms with Crippen molar-refractivity contribution in [3.8, 4) is 0 Å². The molecular formula is C11H12NO4S2. The minimum absolute atomic E-state index is 0.282. The highest BCUT2D eigenvalue weighted by Crippen LogP contribution is 2.35. The highest BCUT2D eigenvalue weighted by molar-refractivity contribution is 8.12. The van der Waals surface area contributed by atoms with Gasteiger partial charge in [0.15, 0.2) is 0 Å². The van der Waals surface area contributed by atoms with Crippen molar-refractivity contribution >= 4 is 27.8 Å². The predicted octanol–water partition coefficient (Wildman–Crippen LogP) is 0.774. The van der Waals surface area contributed by atoms with E-state index in [9.17, 15) is 13.2 Å². The van der Waals surface area contributed by atoms with Gasteiger partial charge in [-0.1, -0.05) is 24.3 Å². The van der Waals surface area contributed by atoms with E-state index in [1.807, 2.05) is 12.1 Å². The molecule has 0 aliphatic carbocycles. The average Bonchev–Trinajstić information content (AvgIpc) is 2.58. The quantitative estimate of drug-likeness (QED) is 0.831. The van der Waals surface area contributed by atoms with Crippen LogP contribution in [0.3, 0.4) is 0 Å². The average molecular weight is 286 g/mol. The van der Waals surface area contributed by atoms with Crippen LogP contribution >= 0.6 is 11.8 Å². The summed E-state index contributed by atoms with van der Waals surface area (Å²) < 4.78 is 30.1. The van der Waals surface area contributed by atoms with Gasteiger partial charge < -0.3 is 4.90 Å². The molecule has 0 bridgehead atoms. The number of benzene rings is 1. The van der Waals surface area contributed by atoms with Crippen molar-refractivity contribution in [3.05, 3.63) is 35.9 Å². The second kappa shape index (κ2) is 4.91. The zero-order valence-corrected chi connectivity index (χ0v) is 11.2. The van der Waals surface area contributed by atoms with E-state index in [2.05, 4.69) is 6.07 Å². The SMILES string of the molecule is CN1C(=O)C(Cc2cc[c]cc2)SC1S(=O)(=O)O. The lowest BCUT2D eigenvalue weighted by molar-refractivity contribution is -0.127. The van der Waals surface area contributed by atoms with Crippen LogP contribution in [-0.2, 0) is 21.3 Å². The van der Waals surface area contributed by atoms with Crippen LogP contribution in [0.25, 0.3) is 0 Å². The van der Waals surface area contributed by atoms with Crippen molar-refractivity contribution in [3.63, 3.8) is 0 Å². The molecule has 1 N–H and O–H groups in total. The summed E-state index contributed by atoms with van der Waals surface area (Å²) in [5.41, 5.74) is 0.934. The number of rotatable bonds is 3. The van der Waals surface area contributed by atoms with Gasteiger partial charge in [-0.2, -0.15) is 8.42 Å². The maximum atomic E-state index is 11.9. The summed E-state index contributed by atoms with van der Waals surface area (Å²) in [6, 6.07) is 10.0. The second-order valence-corrected chi connectivity index (χ2v) is 7.07. The largest absolute Gasteiger partial charge is 0.317 e. The molecule has 0 aromatic heterocycles. The Morgan fingerprint density at radius 1 is 1.44 bits per heavy atom. The van der Waals surface area contributed by atoms with Crippen molar-refractivity contribution in [1.29, 1.82) is 0 Å². The van der Waals surface area contributed by atoms with E-state index < -0.39 is 20.1 Å². The molecule has 1 fully saturated rings. The normalized spacial score (nSPS) is 24.6. The summed E-state index contributed by atoms with van der Waals surface area (Å²) in [6.45, 7) is 0. The van der Waals surface area contributed by atoms with Crippen molar-refractivity contribution in [2.24, 2.45) is 0 Å². The third-order valence-corrected chi connectivity index (χ3v) is 5.82. The number of nitrogens with zero attached hydrogens (tertiary/aromatic N) is 1. The Hall–Kier alpha value is -1.05. The van der Waals surface area contributed by atoms with E-state index in [4.69, 9.17) is 4.55 Å². The Balaban J connectivity index is 2.15. The number of hydrogen-bond acceptors (Lipinski definition) is 4. The number of thioether (sulfide) groups is 1. The second-order valence-electron chi connectivity index (χ2n) is 4.01. The molecule has 0 spiro atoms. The molecular weight excluding hydrogens is 274 g/mol. The molecule has 1 amide bonds. The molecule has 0 saturated carbocycles. The minimum atomic E-state index is -4.25. The molecule has 2 unspecified atom stereocenters. The van der Waals surface area contributed by atoms with Gasteiger partial charge in [-0.3, -0.25) is 9.35 Å². The lowest BCUT2D eigenvalue weighted by Gasteiger charge is -2.14. The van der Waals surface area contributed by atoms with E-state index in [-0.39, 0.29) is 5.91 Å². The Morgan fingerprint density at radius 2 is 2.06 bits per heavy atom. The van der Waals surface area contributed by atoms with Crippen molar-refractivity contribution in [2.45, 2.75) is 16.4 Å². The topological polar surface area (TPSA) is 74.7 Å². The van der Waals surface area contributed by atoms with E-state index in [1.165, 1.54) is 7.05 Å². The highest BCUT2D eigenvalue weighted by atomic mass is 32.3. The van der Waals surface area contributed by atoms with E-state index >= 15 is 0 Å². The van der Waals surface area contributed by atoms with Crippen LogP contribution in [0, 0.1) is 6.07 Å². The third-order valence-electron chi connectivity index (χ3n) is 2.68. The molecule has 1 aliphatic rings. The molecule has 5 nitrogen and oxygen atoms in total. The van der Waals surface area contributed by atoms with Crippen molar-refractivity contribution in [2.75, 3.05) is 7.05 Å². The fourth-order valence-electron chi connectivity index (χ4n) is 1.80. The Kier molecular flexibility index (Phi) is 3.65. The van der Waals surface area contributed by atoms with Crippen molar-refractivity contribution in [1.82, 2.24) is 4.90 Å². The van der Waals surface area contributed by atoms with Gasteiger partial charge in [0.05, 0.1) is 5.25 Å². The zero-order valence-electron chi connectivity index (χ0n) is 9.61. The van der Waals surface area contributed by atoms with Crippen LogP contribution < -0.4 is 0 Å². The van der Waals surface area contributed by atoms with Crippen LogP contribution in [0.2, 0.25) is 0 Å². The Morgan fingerprint density at radius 3 is 2.56 bits per heavy atom. The van der Waals surface area contributed by atoms with Gasteiger partial charge in [0.2, 0.25) is 10.6 Å². The molecule has 7 heteroatoms. The third kappa shape index (κ3) is 2.68. The minimum Gasteiger partial charge on any atom is -0.317 e. The van der Waals surface area contributed by atoms with Gasteiger partial charge in [0, 0.05) is 7.05 Å². The molecule has 1 heterocycles. The number of amides is 1. The molecule has 1 saturated heterocycles. The fraction of sp³-hybridized carbons (Fsp3) is 0.364. The fourth-order valence-corrected chi connectivity index (χ4v) is 4.40. The van der Waals surface area contributed by atoms with E-state index in [0.717, 1.165) is 22.2 Å². The molecule has 2 atom stereocenters. The number of carbonyl (C=O) groups excluding carboxylic acids is 1. The predicted molar refractivity (Wildman–Crippen MR) is 68.5 cm³/mol. The summed E-state index contributed by atoms with van der Waals surface area (Å²) >= 11 is 0.957. The molecule has 1 aromatic rings. The lowest BCUT2D eigenvalue weighted by atomic mass is 10.1. The van der Waals surface area contributed by atoms with Gasteiger partial charge in [-0.05, 0) is 18.1 Å². The summed E-state index contributed by atoms with van der Waals surface area (Å²) in [7, 11) is -2.87.